The monoisotopic (exact) mass is 275 g/mol. The molecule has 0 aromatic heterocycles. The summed E-state index contributed by atoms with van der Waals surface area (Å²) in [5.74, 6) is 0.119. The van der Waals surface area contributed by atoms with Crippen molar-refractivity contribution in [3.8, 4) is 0 Å². The molecule has 6 nitrogen and oxygen atoms in total. The Morgan fingerprint density at radius 1 is 1.35 bits per heavy atom. The van der Waals surface area contributed by atoms with Crippen molar-refractivity contribution in [2.45, 2.75) is 18.9 Å². The zero-order chi connectivity index (χ0) is 14.3. The summed E-state index contributed by atoms with van der Waals surface area (Å²) < 4.78 is 5.16. The topological polar surface area (TPSA) is 75.9 Å². The minimum atomic E-state index is -0.361. The number of ether oxygens (including phenoxy) is 1. The largest absolute Gasteiger partial charge is 0.443 e. The average molecular weight is 275 g/mol. The van der Waals surface area contributed by atoms with Crippen molar-refractivity contribution in [2.24, 2.45) is 5.73 Å². The van der Waals surface area contributed by atoms with Crippen LogP contribution in [0.3, 0.4) is 0 Å². The molecule has 1 aromatic rings. The van der Waals surface area contributed by atoms with Crippen molar-refractivity contribution in [3.63, 3.8) is 0 Å². The second kappa shape index (κ2) is 4.79. The van der Waals surface area contributed by atoms with E-state index in [4.69, 9.17) is 10.5 Å². The molecule has 2 aliphatic rings. The Kier molecular flexibility index (Phi) is 3.10. The Labute approximate surface area is 117 Å². The Bertz CT molecular complexity index is 573. The summed E-state index contributed by atoms with van der Waals surface area (Å²) in [5.41, 5.74) is 8.32. The standard InChI is InChI=1S/C14H17N3O3/c1-16-12-4-3-10(6-9(12)2-5-13(16)18)17-8-11(7-15)20-14(17)19/h3-4,6,11H,2,5,7-8,15H2,1H3/t11-/m0/s1. The third-order valence-electron chi connectivity index (χ3n) is 3.86. The van der Waals surface area contributed by atoms with Gasteiger partial charge in [-0.1, -0.05) is 0 Å². The maximum absolute atomic E-state index is 11.8. The van der Waals surface area contributed by atoms with Gasteiger partial charge in [-0.05, 0) is 30.2 Å². The van der Waals surface area contributed by atoms with Gasteiger partial charge in [-0.2, -0.15) is 0 Å². The first kappa shape index (κ1) is 12.9. The van der Waals surface area contributed by atoms with Crippen LogP contribution in [0.1, 0.15) is 12.0 Å². The highest BCUT2D eigenvalue weighted by Crippen LogP contribution is 2.32. The third kappa shape index (κ3) is 2.02. The van der Waals surface area contributed by atoms with Crippen LogP contribution in [0, 0.1) is 0 Å². The van der Waals surface area contributed by atoms with Gasteiger partial charge >= 0.3 is 6.09 Å². The molecule has 0 bridgehead atoms. The molecular formula is C14H17N3O3. The Hall–Kier alpha value is -2.08. The van der Waals surface area contributed by atoms with Gasteiger partial charge in [0.1, 0.15) is 6.10 Å². The third-order valence-corrected chi connectivity index (χ3v) is 3.86. The van der Waals surface area contributed by atoms with Gasteiger partial charge < -0.3 is 15.4 Å². The number of cyclic esters (lactones) is 1. The number of carbonyl (C=O) groups is 2. The molecule has 3 rings (SSSR count). The lowest BCUT2D eigenvalue weighted by Crippen LogP contribution is -2.32. The summed E-state index contributed by atoms with van der Waals surface area (Å²) >= 11 is 0. The number of benzene rings is 1. The van der Waals surface area contributed by atoms with E-state index in [1.165, 1.54) is 0 Å². The average Bonchev–Trinajstić information content (AvgIpc) is 2.84. The van der Waals surface area contributed by atoms with E-state index in [-0.39, 0.29) is 18.1 Å². The maximum atomic E-state index is 11.8. The lowest BCUT2D eigenvalue weighted by molar-refractivity contribution is -0.118. The molecule has 2 aliphatic heterocycles. The Morgan fingerprint density at radius 2 is 2.15 bits per heavy atom. The maximum Gasteiger partial charge on any atom is 0.414 e. The quantitative estimate of drug-likeness (QED) is 0.869. The number of hydrogen-bond acceptors (Lipinski definition) is 4. The van der Waals surface area contributed by atoms with Crippen LogP contribution in [0.2, 0.25) is 0 Å². The van der Waals surface area contributed by atoms with Crippen LogP contribution >= 0.6 is 0 Å². The first-order chi connectivity index (χ1) is 9.60. The van der Waals surface area contributed by atoms with Crippen molar-refractivity contribution < 1.29 is 14.3 Å². The Morgan fingerprint density at radius 3 is 2.85 bits per heavy atom. The zero-order valence-electron chi connectivity index (χ0n) is 11.3. The van der Waals surface area contributed by atoms with Gasteiger partial charge in [0, 0.05) is 31.4 Å². The summed E-state index contributed by atoms with van der Waals surface area (Å²) in [6.45, 7) is 0.799. The molecule has 2 heterocycles. The van der Waals surface area contributed by atoms with Gasteiger partial charge in [0.15, 0.2) is 0 Å². The van der Waals surface area contributed by atoms with E-state index in [9.17, 15) is 9.59 Å². The predicted molar refractivity (Wildman–Crippen MR) is 74.8 cm³/mol. The molecule has 0 radical (unpaired) electrons. The number of aryl methyl sites for hydroxylation is 1. The van der Waals surface area contributed by atoms with Gasteiger partial charge in [-0.15, -0.1) is 0 Å². The molecule has 2 N–H and O–H groups in total. The highest BCUT2D eigenvalue weighted by molar-refractivity contribution is 5.97. The van der Waals surface area contributed by atoms with E-state index in [0.29, 0.717) is 25.9 Å². The number of rotatable bonds is 2. The number of nitrogens with zero attached hydrogens (tertiary/aromatic N) is 2. The van der Waals surface area contributed by atoms with Gasteiger partial charge in [-0.3, -0.25) is 9.69 Å². The molecule has 2 amide bonds. The number of anilines is 2. The summed E-state index contributed by atoms with van der Waals surface area (Å²) in [7, 11) is 1.77. The number of amides is 2. The molecule has 1 fully saturated rings. The van der Waals surface area contributed by atoms with Crippen LogP contribution in [-0.4, -0.2) is 38.2 Å². The fraction of sp³-hybridized carbons (Fsp3) is 0.429. The van der Waals surface area contributed by atoms with E-state index >= 15 is 0 Å². The fourth-order valence-electron chi connectivity index (χ4n) is 2.67. The zero-order valence-corrected chi connectivity index (χ0v) is 11.3. The van der Waals surface area contributed by atoms with Crippen LogP contribution in [-0.2, 0) is 16.0 Å². The summed E-state index contributed by atoms with van der Waals surface area (Å²) in [6, 6.07) is 5.68. The lowest BCUT2D eigenvalue weighted by atomic mass is 10.0. The summed E-state index contributed by atoms with van der Waals surface area (Å²) in [4.78, 5) is 26.7. The second-order valence-electron chi connectivity index (χ2n) is 5.12. The first-order valence-corrected chi connectivity index (χ1v) is 6.68. The smallest absolute Gasteiger partial charge is 0.414 e. The molecule has 20 heavy (non-hydrogen) atoms. The molecule has 1 atom stereocenters. The van der Waals surface area contributed by atoms with E-state index in [2.05, 4.69) is 0 Å². The van der Waals surface area contributed by atoms with Crippen LogP contribution in [0.5, 0.6) is 0 Å². The van der Waals surface area contributed by atoms with Crippen LogP contribution in [0.15, 0.2) is 18.2 Å². The van der Waals surface area contributed by atoms with E-state index in [1.54, 1.807) is 16.8 Å². The van der Waals surface area contributed by atoms with Crippen molar-refractivity contribution in [2.75, 3.05) is 29.9 Å². The lowest BCUT2D eigenvalue weighted by Gasteiger charge is -2.27. The number of carbonyl (C=O) groups excluding carboxylic acids is 2. The minimum Gasteiger partial charge on any atom is -0.443 e. The van der Waals surface area contributed by atoms with Crippen molar-refractivity contribution in [3.05, 3.63) is 23.8 Å². The van der Waals surface area contributed by atoms with Crippen LogP contribution in [0.4, 0.5) is 16.2 Å². The van der Waals surface area contributed by atoms with E-state index in [0.717, 1.165) is 16.9 Å². The Balaban J connectivity index is 1.90. The highest BCUT2D eigenvalue weighted by atomic mass is 16.6. The van der Waals surface area contributed by atoms with Crippen LogP contribution < -0.4 is 15.5 Å². The molecule has 1 aromatic carbocycles. The van der Waals surface area contributed by atoms with Gasteiger partial charge in [0.2, 0.25) is 5.91 Å². The first-order valence-electron chi connectivity index (χ1n) is 6.68. The summed E-state index contributed by atoms with van der Waals surface area (Å²) in [5, 5.41) is 0. The minimum absolute atomic E-state index is 0.119. The molecule has 0 saturated carbocycles. The SMILES string of the molecule is CN1C(=O)CCc2cc(N3C[C@H](CN)OC3=O)ccc21. The number of nitrogens with two attached hydrogens (primary N) is 1. The highest BCUT2D eigenvalue weighted by Gasteiger charge is 2.32. The van der Waals surface area contributed by atoms with Gasteiger partial charge in [0.25, 0.3) is 0 Å². The molecule has 1 saturated heterocycles. The van der Waals surface area contributed by atoms with Crippen molar-refractivity contribution in [1.82, 2.24) is 0 Å². The molecule has 0 unspecified atom stereocenters. The molecule has 0 spiro atoms. The molecule has 6 heteroatoms. The molecular weight excluding hydrogens is 258 g/mol. The van der Waals surface area contributed by atoms with E-state index in [1.807, 2.05) is 18.2 Å². The van der Waals surface area contributed by atoms with Crippen molar-refractivity contribution in [1.29, 1.82) is 0 Å². The van der Waals surface area contributed by atoms with Gasteiger partial charge in [0.05, 0.1) is 6.54 Å². The van der Waals surface area contributed by atoms with Crippen molar-refractivity contribution >= 4 is 23.4 Å². The van der Waals surface area contributed by atoms with E-state index < -0.39 is 0 Å². The summed E-state index contributed by atoms with van der Waals surface area (Å²) in [6.07, 6.45) is 0.599. The van der Waals surface area contributed by atoms with Crippen LogP contribution in [0.25, 0.3) is 0 Å². The second-order valence-corrected chi connectivity index (χ2v) is 5.12. The van der Waals surface area contributed by atoms with Gasteiger partial charge in [-0.25, -0.2) is 4.79 Å². The molecule has 106 valence electrons. The normalized spacial score (nSPS) is 22.0. The number of hydrogen-bond donors (Lipinski definition) is 1. The molecule has 0 aliphatic carbocycles. The fourth-order valence-corrected chi connectivity index (χ4v) is 2.67. The predicted octanol–water partition coefficient (Wildman–Crippen LogP) is 0.879. The number of fused-ring (bicyclic) bond motifs is 1.